The fourth-order valence-electron chi connectivity index (χ4n) is 6.49. The quantitative estimate of drug-likeness (QED) is 0.198. The molecule has 0 saturated heterocycles. The average Bonchev–Trinajstić information content (AvgIpc) is 3.53. The van der Waals surface area contributed by atoms with Gasteiger partial charge in [0.1, 0.15) is 11.2 Å². The summed E-state index contributed by atoms with van der Waals surface area (Å²) in [5.74, 6) is 0. The monoisotopic (exact) mass is 554 g/mol. The molecule has 9 aromatic rings. The highest BCUT2D eigenvalue weighted by Crippen LogP contribution is 2.48. The predicted molar refractivity (Wildman–Crippen MR) is 183 cm³/mol. The van der Waals surface area contributed by atoms with Crippen molar-refractivity contribution >= 4 is 54.3 Å². The minimum absolute atomic E-state index is 0.0538. The largest absolute Gasteiger partial charge is 0.456 e. The standard InChI is InChI=1S/C42H26O/c1-2-13-27(14-3-1)29-25-37(42-36-22-10-11-24-38(36)43-39(42)26-29)41-34-20-8-6-18-32(34)40(33-19-7-9-21-35(33)41)31-23-12-16-28-15-4-5-17-30(28)31/h1-26H/i1D,4D,5D,12D,15D,16D,17D,23D. The molecule has 0 aliphatic heterocycles. The molecule has 0 spiro atoms. The Balaban J connectivity index is 1.50. The van der Waals surface area contributed by atoms with E-state index >= 15 is 0 Å². The Morgan fingerprint density at radius 1 is 0.419 bits per heavy atom. The van der Waals surface area contributed by atoms with E-state index < -0.39 is 30.2 Å². The zero-order valence-corrected chi connectivity index (χ0v) is 22.8. The topological polar surface area (TPSA) is 13.1 Å². The first-order valence-electron chi connectivity index (χ1n) is 18.1. The number of fused-ring (bicyclic) bond motifs is 6. The maximum absolute atomic E-state index is 9.25. The molecule has 0 N–H and O–H groups in total. The summed E-state index contributed by atoms with van der Waals surface area (Å²) in [5.41, 5.74) is 5.89. The molecule has 0 bridgehead atoms. The summed E-state index contributed by atoms with van der Waals surface area (Å²) < 4.78 is 75.9. The smallest absolute Gasteiger partial charge is 0.136 e. The van der Waals surface area contributed by atoms with Crippen molar-refractivity contribution in [3.8, 4) is 33.4 Å². The lowest BCUT2D eigenvalue weighted by atomic mass is 9.83. The molecule has 1 heteroatoms. The molecule has 43 heavy (non-hydrogen) atoms. The molecule has 1 aromatic heterocycles. The van der Waals surface area contributed by atoms with E-state index in [0.29, 0.717) is 17.2 Å². The van der Waals surface area contributed by atoms with Crippen LogP contribution in [-0.4, -0.2) is 0 Å². The lowest BCUT2D eigenvalue weighted by Gasteiger charge is -2.19. The van der Waals surface area contributed by atoms with E-state index in [2.05, 4.69) is 6.07 Å². The van der Waals surface area contributed by atoms with Crippen molar-refractivity contribution in [2.45, 2.75) is 0 Å². The number of para-hydroxylation sites is 1. The van der Waals surface area contributed by atoms with Crippen LogP contribution < -0.4 is 0 Å². The molecule has 9 rings (SSSR count). The molecule has 0 radical (unpaired) electrons. The van der Waals surface area contributed by atoms with Gasteiger partial charge in [0, 0.05) is 10.8 Å². The number of benzene rings is 8. The first-order chi connectivity index (χ1) is 24.7. The molecule has 0 aliphatic carbocycles. The first kappa shape index (κ1) is 17.3. The summed E-state index contributed by atoms with van der Waals surface area (Å²) in [5, 5.41) is 5.00. The molecular formula is C42H26O. The molecule has 200 valence electrons. The fraction of sp³-hybridized carbons (Fsp3) is 0. The van der Waals surface area contributed by atoms with Crippen molar-refractivity contribution in [2.75, 3.05) is 0 Å². The predicted octanol–water partition coefficient (Wildman–Crippen LogP) is 12.0. The van der Waals surface area contributed by atoms with Crippen molar-refractivity contribution < 1.29 is 15.4 Å². The second-order valence-electron chi connectivity index (χ2n) is 10.6. The van der Waals surface area contributed by atoms with Crippen LogP contribution in [0.4, 0.5) is 0 Å². The van der Waals surface area contributed by atoms with Crippen LogP contribution in [0.15, 0.2) is 162 Å². The number of rotatable bonds is 3. The summed E-state index contributed by atoms with van der Waals surface area (Å²) in [6, 6.07) is 32.7. The van der Waals surface area contributed by atoms with E-state index in [1.807, 2.05) is 91.0 Å². The summed E-state index contributed by atoms with van der Waals surface area (Å²) in [6.45, 7) is 0. The van der Waals surface area contributed by atoms with Gasteiger partial charge >= 0.3 is 0 Å². The number of hydrogen-bond acceptors (Lipinski definition) is 1. The van der Waals surface area contributed by atoms with Crippen molar-refractivity contribution in [3.63, 3.8) is 0 Å². The Kier molecular flexibility index (Phi) is 3.80. The lowest BCUT2D eigenvalue weighted by molar-refractivity contribution is 0.669. The van der Waals surface area contributed by atoms with E-state index in [1.165, 1.54) is 0 Å². The number of hydrogen-bond donors (Lipinski definition) is 0. The second kappa shape index (κ2) is 9.44. The molecular weight excluding hydrogens is 520 g/mol. The third-order valence-corrected chi connectivity index (χ3v) is 8.29. The molecule has 0 aliphatic rings. The van der Waals surface area contributed by atoms with Gasteiger partial charge < -0.3 is 4.42 Å². The van der Waals surface area contributed by atoms with Gasteiger partial charge in [-0.2, -0.15) is 0 Å². The van der Waals surface area contributed by atoms with Crippen LogP contribution in [0.5, 0.6) is 0 Å². The van der Waals surface area contributed by atoms with E-state index in [4.69, 9.17) is 14.0 Å². The zero-order valence-electron chi connectivity index (χ0n) is 30.8. The highest BCUT2D eigenvalue weighted by atomic mass is 16.3. The Bertz CT molecular complexity index is 2880. The second-order valence-corrected chi connectivity index (χ2v) is 10.6. The number of furan rings is 1. The van der Waals surface area contributed by atoms with Crippen LogP contribution in [0, 0.1) is 0 Å². The highest BCUT2D eigenvalue weighted by molar-refractivity contribution is 6.27. The van der Waals surface area contributed by atoms with Gasteiger partial charge in [-0.1, -0.05) is 139 Å². The molecule has 0 saturated carbocycles. The van der Waals surface area contributed by atoms with Gasteiger partial charge in [-0.3, -0.25) is 0 Å². The van der Waals surface area contributed by atoms with Crippen molar-refractivity contribution in [1.82, 2.24) is 0 Å². The summed E-state index contributed by atoms with van der Waals surface area (Å²) in [6.07, 6.45) is 0. The lowest BCUT2D eigenvalue weighted by Crippen LogP contribution is -1.92. The molecule has 0 unspecified atom stereocenters. The highest BCUT2D eigenvalue weighted by Gasteiger charge is 2.22. The molecule has 8 aromatic carbocycles. The van der Waals surface area contributed by atoms with E-state index in [9.17, 15) is 1.37 Å². The van der Waals surface area contributed by atoms with Crippen LogP contribution in [0.1, 0.15) is 11.0 Å². The third kappa shape index (κ3) is 3.65. The SMILES string of the molecule is [2H]c1ccc(-c2cc(-c3c4ccccc4c(-c4c([2H])c([2H])c([2H])c5c([2H])c([2H])c([2H])c([2H])c45)c4ccccc34)c3c(c2)oc2ccccc23)cc1. The Morgan fingerprint density at radius 2 is 1.02 bits per heavy atom. The van der Waals surface area contributed by atoms with Crippen molar-refractivity contribution in [2.24, 2.45) is 0 Å². The summed E-state index contributed by atoms with van der Waals surface area (Å²) in [7, 11) is 0. The summed E-state index contributed by atoms with van der Waals surface area (Å²) >= 11 is 0. The Hall–Kier alpha value is -5.66. The Morgan fingerprint density at radius 3 is 1.74 bits per heavy atom. The van der Waals surface area contributed by atoms with Gasteiger partial charge in [-0.15, -0.1) is 0 Å². The molecule has 0 atom stereocenters. The van der Waals surface area contributed by atoms with Gasteiger partial charge in [0.15, 0.2) is 0 Å². The van der Waals surface area contributed by atoms with Gasteiger partial charge in [0.05, 0.1) is 11.0 Å². The minimum atomic E-state index is -0.484. The van der Waals surface area contributed by atoms with E-state index in [0.717, 1.165) is 60.2 Å². The average molecular weight is 555 g/mol. The minimum Gasteiger partial charge on any atom is -0.456 e. The first-order valence-corrected chi connectivity index (χ1v) is 14.1. The normalized spacial score (nSPS) is 14.3. The molecule has 1 heterocycles. The van der Waals surface area contributed by atoms with Crippen molar-refractivity contribution in [3.05, 3.63) is 158 Å². The third-order valence-electron chi connectivity index (χ3n) is 8.29. The van der Waals surface area contributed by atoms with Crippen LogP contribution in [0.3, 0.4) is 0 Å². The zero-order chi connectivity index (χ0) is 35.3. The van der Waals surface area contributed by atoms with Gasteiger partial charge in [-0.05, 0) is 83.9 Å². The van der Waals surface area contributed by atoms with Crippen LogP contribution in [-0.2, 0) is 0 Å². The van der Waals surface area contributed by atoms with Crippen molar-refractivity contribution in [1.29, 1.82) is 0 Å². The maximum atomic E-state index is 9.25. The van der Waals surface area contributed by atoms with Gasteiger partial charge in [0.25, 0.3) is 0 Å². The van der Waals surface area contributed by atoms with Crippen LogP contribution >= 0.6 is 0 Å². The Labute approximate surface area is 260 Å². The van der Waals surface area contributed by atoms with E-state index in [1.54, 1.807) is 12.1 Å². The van der Waals surface area contributed by atoms with Crippen LogP contribution in [0.2, 0.25) is 0 Å². The van der Waals surface area contributed by atoms with E-state index in [-0.39, 0.29) is 28.4 Å². The maximum Gasteiger partial charge on any atom is 0.136 e. The van der Waals surface area contributed by atoms with Gasteiger partial charge in [-0.25, -0.2) is 0 Å². The molecule has 0 fully saturated rings. The molecule has 1 nitrogen and oxygen atoms in total. The van der Waals surface area contributed by atoms with Crippen LogP contribution in [0.25, 0.3) is 87.6 Å². The summed E-state index contributed by atoms with van der Waals surface area (Å²) in [4.78, 5) is 0. The molecule has 0 amide bonds. The van der Waals surface area contributed by atoms with Gasteiger partial charge in [0.2, 0.25) is 0 Å². The fourth-order valence-corrected chi connectivity index (χ4v) is 6.49.